The zero-order chi connectivity index (χ0) is 33.1. The van der Waals surface area contributed by atoms with E-state index in [0.717, 1.165) is 79.4 Å². The highest BCUT2D eigenvalue weighted by atomic mass is 32.2. The predicted molar refractivity (Wildman–Crippen MR) is 183 cm³/mol. The van der Waals surface area contributed by atoms with Crippen LogP contribution in [0.2, 0.25) is 0 Å². The molecule has 3 aromatic heterocycles. The Kier molecular flexibility index (Phi) is 9.15. The van der Waals surface area contributed by atoms with Crippen molar-refractivity contribution in [1.29, 1.82) is 0 Å². The number of morpholine rings is 1. The molecule has 2 aliphatic carbocycles. The summed E-state index contributed by atoms with van der Waals surface area (Å²) in [7, 11) is -3.48. The molecule has 3 N–H and O–H groups in total. The highest BCUT2D eigenvalue weighted by molar-refractivity contribution is 7.90. The highest BCUT2D eigenvalue weighted by Crippen LogP contribution is 2.32. The van der Waals surface area contributed by atoms with Crippen molar-refractivity contribution in [3.63, 3.8) is 0 Å². The fraction of sp³-hybridized carbons (Fsp3) is 0.429. The first-order chi connectivity index (χ1) is 23.2. The Hall–Kier alpha value is -4.35. The van der Waals surface area contributed by atoms with Gasteiger partial charge in [0, 0.05) is 49.7 Å². The van der Waals surface area contributed by atoms with E-state index < -0.39 is 15.6 Å². The molecule has 4 heterocycles. The molecule has 12 nitrogen and oxygen atoms in total. The molecule has 1 aliphatic heterocycles. The molecule has 48 heavy (non-hydrogen) atoms. The van der Waals surface area contributed by atoms with E-state index in [1.54, 1.807) is 18.5 Å². The van der Waals surface area contributed by atoms with Gasteiger partial charge in [0.1, 0.15) is 11.6 Å². The third-order valence-electron chi connectivity index (χ3n) is 9.07. The zero-order valence-corrected chi connectivity index (χ0v) is 27.8. The van der Waals surface area contributed by atoms with Gasteiger partial charge in [-0.05, 0) is 69.2 Å². The molecule has 0 radical (unpaired) electrons. The van der Waals surface area contributed by atoms with E-state index in [9.17, 15) is 13.5 Å². The Morgan fingerprint density at radius 3 is 2.52 bits per heavy atom. The van der Waals surface area contributed by atoms with Crippen LogP contribution in [0.25, 0.3) is 11.4 Å². The summed E-state index contributed by atoms with van der Waals surface area (Å²) >= 11 is 0. The summed E-state index contributed by atoms with van der Waals surface area (Å²) in [4.78, 5) is 16.0. The van der Waals surface area contributed by atoms with E-state index in [4.69, 9.17) is 4.74 Å². The number of anilines is 3. The van der Waals surface area contributed by atoms with Crippen LogP contribution in [0.4, 0.5) is 17.3 Å². The molecule has 1 saturated heterocycles. The molecular weight excluding hydrogens is 629 g/mol. The maximum atomic E-state index is 12.6. The van der Waals surface area contributed by atoms with Crippen molar-refractivity contribution in [2.24, 2.45) is 0 Å². The summed E-state index contributed by atoms with van der Waals surface area (Å²) in [5, 5.41) is 21.1. The van der Waals surface area contributed by atoms with Crippen LogP contribution in [-0.2, 0) is 21.3 Å². The molecule has 3 fully saturated rings. The SMILES string of the molecule is C[C@]1(O)CC[C@@H](Nc2cc(Nc3ccnc(-c4cnn(S(=O)(=O)C5CC5)c4)n3)ncc2C#Cc2ccc(CN3CCOCC3)cc2)CC1. The van der Waals surface area contributed by atoms with Crippen LogP contribution in [0.1, 0.15) is 62.1 Å². The van der Waals surface area contributed by atoms with Gasteiger partial charge in [-0.3, -0.25) is 4.90 Å². The van der Waals surface area contributed by atoms with Crippen molar-refractivity contribution < 1.29 is 18.3 Å². The second-order valence-corrected chi connectivity index (χ2v) is 15.2. The number of rotatable bonds is 9. The molecule has 250 valence electrons. The molecule has 13 heteroatoms. The van der Waals surface area contributed by atoms with Gasteiger partial charge < -0.3 is 20.5 Å². The quantitative estimate of drug-likeness (QED) is 0.221. The summed E-state index contributed by atoms with van der Waals surface area (Å²) in [6.07, 6.45) is 10.7. The second kappa shape index (κ2) is 13.6. The predicted octanol–water partition coefficient (Wildman–Crippen LogP) is 4.16. The van der Waals surface area contributed by atoms with Gasteiger partial charge in [-0.15, -0.1) is 0 Å². The van der Waals surface area contributed by atoms with Crippen molar-refractivity contribution in [3.8, 4) is 23.2 Å². The fourth-order valence-electron chi connectivity index (χ4n) is 5.97. The van der Waals surface area contributed by atoms with Crippen molar-refractivity contribution in [2.75, 3.05) is 36.9 Å². The summed E-state index contributed by atoms with van der Waals surface area (Å²) in [6.45, 7) is 6.26. The number of aliphatic hydroxyl groups is 1. The van der Waals surface area contributed by atoms with Crippen LogP contribution in [0.15, 0.2) is 61.2 Å². The summed E-state index contributed by atoms with van der Waals surface area (Å²) in [5.41, 5.74) is 3.65. The number of hydrogen-bond acceptors (Lipinski definition) is 11. The largest absolute Gasteiger partial charge is 0.390 e. The van der Waals surface area contributed by atoms with E-state index in [1.165, 1.54) is 18.0 Å². The molecule has 3 aliphatic rings. The third kappa shape index (κ3) is 7.85. The van der Waals surface area contributed by atoms with Gasteiger partial charge in [0.15, 0.2) is 5.82 Å². The van der Waals surface area contributed by atoms with Crippen LogP contribution in [0.3, 0.4) is 0 Å². The molecule has 4 aromatic rings. The van der Waals surface area contributed by atoms with Crippen molar-refractivity contribution in [2.45, 2.75) is 68.9 Å². The van der Waals surface area contributed by atoms with Gasteiger partial charge in [-0.1, -0.05) is 24.0 Å². The summed E-state index contributed by atoms with van der Waals surface area (Å²) < 4.78 is 31.7. The van der Waals surface area contributed by atoms with Crippen LogP contribution in [-0.4, -0.2) is 85.8 Å². The third-order valence-corrected chi connectivity index (χ3v) is 11.1. The number of benzene rings is 1. The van der Waals surface area contributed by atoms with Gasteiger partial charge in [0.25, 0.3) is 10.0 Å². The number of hydrogen-bond donors (Lipinski definition) is 3. The lowest BCUT2D eigenvalue weighted by molar-refractivity contribution is 0.0196. The molecular formula is C35H40N8O4S. The number of aromatic nitrogens is 5. The lowest BCUT2D eigenvalue weighted by Gasteiger charge is -2.34. The van der Waals surface area contributed by atoms with Crippen LogP contribution < -0.4 is 10.6 Å². The van der Waals surface area contributed by atoms with E-state index in [0.29, 0.717) is 35.9 Å². The lowest BCUT2D eigenvalue weighted by Crippen LogP contribution is -2.35. The van der Waals surface area contributed by atoms with E-state index in [2.05, 4.69) is 71.7 Å². The molecule has 0 bridgehead atoms. The van der Waals surface area contributed by atoms with E-state index in [1.807, 2.05) is 13.0 Å². The second-order valence-electron chi connectivity index (χ2n) is 13.1. The van der Waals surface area contributed by atoms with Crippen molar-refractivity contribution in [3.05, 3.63) is 77.9 Å². The van der Waals surface area contributed by atoms with Gasteiger partial charge in [0.05, 0.1) is 53.3 Å². The summed E-state index contributed by atoms with van der Waals surface area (Å²) in [6, 6.07) is 12.2. The average molecular weight is 669 g/mol. The lowest BCUT2D eigenvalue weighted by atomic mass is 9.83. The monoisotopic (exact) mass is 668 g/mol. The highest BCUT2D eigenvalue weighted by Gasteiger charge is 2.37. The number of nitrogens with zero attached hydrogens (tertiary/aromatic N) is 6. The van der Waals surface area contributed by atoms with Crippen molar-refractivity contribution >= 4 is 27.3 Å². The Labute approximate surface area is 281 Å². The Bertz CT molecular complexity index is 1910. The molecule has 0 atom stereocenters. The van der Waals surface area contributed by atoms with Crippen LogP contribution >= 0.6 is 0 Å². The number of ether oxygens (including phenoxy) is 1. The fourth-order valence-corrected chi connectivity index (χ4v) is 7.45. The topological polar surface area (TPSA) is 147 Å². The van der Waals surface area contributed by atoms with Crippen molar-refractivity contribution in [1.82, 2.24) is 29.0 Å². The standard InChI is InChI=1S/C35H40N8O4S/c1-35(44)13-10-29(11-14-35)39-31-20-33(37-21-27(31)7-6-25-2-4-26(5-3-25)23-42-16-18-47-19-17-42)40-32-12-15-36-34(41-32)28-22-38-43(24-28)48(45,46)30-8-9-30/h2-5,12,15,20-22,24,29-30,44H,8-11,13-14,16-19,23H2,1H3,(H2,36,37,39,40,41)/t29-,35+. The Balaban J connectivity index is 1.09. The smallest absolute Gasteiger partial charge is 0.256 e. The number of nitrogens with one attached hydrogen (secondary N) is 2. The zero-order valence-electron chi connectivity index (χ0n) is 27.0. The number of pyridine rings is 1. The normalized spacial score (nSPS) is 21.7. The maximum absolute atomic E-state index is 12.6. The summed E-state index contributed by atoms with van der Waals surface area (Å²) in [5.74, 6) is 8.04. The first-order valence-electron chi connectivity index (χ1n) is 16.5. The van der Waals surface area contributed by atoms with Gasteiger partial charge in [-0.2, -0.15) is 9.19 Å². The minimum Gasteiger partial charge on any atom is -0.390 e. The maximum Gasteiger partial charge on any atom is 0.256 e. The Morgan fingerprint density at radius 2 is 1.77 bits per heavy atom. The first kappa shape index (κ1) is 32.2. The molecule has 0 amide bonds. The molecule has 2 saturated carbocycles. The van der Waals surface area contributed by atoms with E-state index in [-0.39, 0.29) is 11.3 Å². The first-order valence-corrected chi connectivity index (χ1v) is 18.0. The van der Waals surface area contributed by atoms with Crippen LogP contribution in [0, 0.1) is 11.8 Å². The average Bonchev–Trinajstić information content (AvgIpc) is 3.83. The molecule has 0 unspecified atom stereocenters. The molecule has 1 aromatic carbocycles. The van der Waals surface area contributed by atoms with Crippen LogP contribution in [0.5, 0.6) is 0 Å². The molecule has 0 spiro atoms. The van der Waals surface area contributed by atoms with E-state index >= 15 is 0 Å². The molecule has 7 rings (SSSR count). The Morgan fingerprint density at radius 1 is 1.00 bits per heavy atom. The van der Waals surface area contributed by atoms with Gasteiger partial charge >= 0.3 is 0 Å². The van der Waals surface area contributed by atoms with Gasteiger partial charge in [0.2, 0.25) is 0 Å². The minimum absolute atomic E-state index is 0.189. The minimum atomic E-state index is -3.48. The van der Waals surface area contributed by atoms with Gasteiger partial charge in [-0.25, -0.2) is 23.4 Å².